The van der Waals surface area contributed by atoms with E-state index in [-0.39, 0.29) is 10.9 Å². The van der Waals surface area contributed by atoms with Crippen LogP contribution < -0.4 is 10.1 Å². The summed E-state index contributed by atoms with van der Waals surface area (Å²) in [6, 6.07) is 17.4. The summed E-state index contributed by atoms with van der Waals surface area (Å²) in [6.45, 7) is 1.62. The van der Waals surface area contributed by atoms with Crippen molar-refractivity contribution < 1.29 is 13.9 Å². The third-order valence-electron chi connectivity index (χ3n) is 3.62. The van der Waals surface area contributed by atoms with E-state index >= 15 is 0 Å². The Labute approximate surface area is 144 Å². The SMILES string of the molecule is C[C@H](Oc1ccc(F)c(Cl)c1)C(=O)Nc1cccc2ccccc12. The Morgan fingerprint density at radius 2 is 1.88 bits per heavy atom. The molecule has 3 aromatic rings. The molecule has 0 aliphatic rings. The predicted octanol–water partition coefficient (Wildman–Crippen LogP) is 5.04. The summed E-state index contributed by atoms with van der Waals surface area (Å²) in [5.74, 6) is -0.495. The lowest BCUT2D eigenvalue weighted by molar-refractivity contribution is -0.122. The molecule has 122 valence electrons. The quantitative estimate of drug-likeness (QED) is 0.720. The Morgan fingerprint density at radius 3 is 2.67 bits per heavy atom. The molecule has 1 N–H and O–H groups in total. The van der Waals surface area contributed by atoms with Crippen molar-refractivity contribution in [2.75, 3.05) is 5.32 Å². The lowest BCUT2D eigenvalue weighted by Crippen LogP contribution is -2.30. The van der Waals surface area contributed by atoms with Gasteiger partial charge in [0.2, 0.25) is 0 Å². The molecule has 0 saturated carbocycles. The summed E-state index contributed by atoms with van der Waals surface area (Å²) >= 11 is 5.72. The Bertz CT molecular complexity index is 892. The molecular weight excluding hydrogens is 329 g/mol. The van der Waals surface area contributed by atoms with E-state index in [1.165, 1.54) is 18.2 Å². The summed E-state index contributed by atoms with van der Waals surface area (Å²) < 4.78 is 18.7. The Kier molecular flexibility index (Phi) is 4.67. The van der Waals surface area contributed by atoms with Crippen molar-refractivity contribution in [3.8, 4) is 5.75 Å². The van der Waals surface area contributed by atoms with E-state index in [1.807, 2.05) is 42.5 Å². The van der Waals surface area contributed by atoms with Crippen molar-refractivity contribution in [1.82, 2.24) is 0 Å². The molecule has 0 spiro atoms. The normalized spacial score (nSPS) is 12.0. The fraction of sp³-hybridized carbons (Fsp3) is 0.105. The smallest absolute Gasteiger partial charge is 0.265 e. The molecule has 0 unspecified atom stereocenters. The number of hydrogen-bond acceptors (Lipinski definition) is 2. The van der Waals surface area contributed by atoms with Gasteiger partial charge >= 0.3 is 0 Å². The second kappa shape index (κ2) is 6.89. The molecule has 0 bridgehead atoms. The number of anilines is 1. The first-order valence-corrected chi connectivity index (χ1v) is 7.83. The summed E-state index contributed by atoms with van der Waals surface area (Å²) in [5.41, 5.74) is 0.714. The molecule has 0 saturated heterocycles. The van der Waals surface area contributed by atoms with E-state index in [4.69, 9.17) is 16.3 Å². The van der Waals surface area contributed by atoms with Crippen molar-refractivity contribution in [2.45, 2.75) is 13.0 Å². The number of ether oxygens (including phenoxy) is 1. The van der Waals surface area contributed by atoms with E-state index in [9.17, 15) is 9.18 Å². The van der Waals surface area contributed by atoms with Crippen LogP contribution in [0.4, 0.5) is 10.1 Å². The number of nitrogens with one attached hydrogen (secondary N) is 1. The van der Waals surface area contributed by atoms with Crippen LogP contribution in [0.5, 0.6) is 5.75 Å². The van der Waals surface area contributed by atoms with Crippen molar-refractivity contribution in [3.05, 3.63) is 71.5 Å². The third-order valence-corrected chi connectivity index (χ3v) is 3.91. The summed E-state index contributed by atoms with van der Waals surface area (Å²) in [6.07, 6.45) is -0.759. The number of halogens is 2. The molecule has 3 nitrogen and oxygen atoms in total. The number of carbonyl (C=O) groups excluding carboxylic acids is 1. The molecule has 0 aromatic heterocycles. The largest absolute Gasteiger partial charge is 0.481 e. The fourth-order valence-corrected chi connectivity index (χ4v) is 2.55. The molecule has 3 rings (SSSR count). The van der Waals surface area contributed by atoms with Crippen LogP contribution in [0.3, 0.4) is 0 Å². The van der Waals surface area contributed by atoms with Crippen LogP contribution >= 0.6 is 11.6 Å². The van der Waals surface area contributed by atoms with Gasteiger partial charge in [-0.15, -0.1) is 0 Å². The van der Waals surface area contributed by atoms with Crippen LogP contribution in [0, 0.1) is 5.82 Å². The molecular formula is C19H15ClFNO2. The summed E-state index contributed by atoms with van der Waals surface area (Å²) in [5, 5.41) is 4.80. The predicted molar refractivity (Wildman–Crippen MR) is 94.1 cm³/mol. The molecule has 0 aliphatic carbocycles. The van der Waals surface area contributed by atoms with Gasteiger partial charge in [0, 0.05) is 17.1 Å². The average molecular weight is 344 g/mol. The first kappa shape index (κ1) is 16.3. The van der Waals surface area contributed by atoms with Gasteiger partial charge < -0.3 is 10.1 Å². The molecule has 0 radical (unpaired) electrons. The number of benzene rings is 3. The third kappa shape index (κ3) is 3.49. The summed E-state index contributed by atoms with van der Waals surface area (Å²) in [7, 11) is 0. The van der Waals surface area contributed by atoms with Crippen LogP contribution in [-0.2, 0) is 4.79 Å². The first-order chi connectivity index (χ1) is 11.5. The van der Waals surface area contributed by atoms with Crippen LogP contribution in [0.2, 0.25) is 5.02 Å². The van der Waals surface area contributed by atoms with Gasteiger partial charge in [-0.25, -0.2) is 4.39 Å². The van der Waals surface area contributed by atoms with E-state index in [0.29, 0.717) is 11.4 Å². The van der Waals surface area contributed by atoms with Crippen LogP contribution in [0.15, 0.2) is 60.7 Å². The zero-order chi connectivity index (χ0) is 17.1. The van der Waals surface area contributed by atoms with Crippen LogP contribution in [0.25, 0.3) is 10.8 Å². The minimum Gasteiger partial charge on any atom is -0.481 e. The second-order valence-corrected chi connectivity index (χ2v) is 5.76. The molecule has 3 aromatic carbocycles. The van der Waals surface area contributed by atoms with Crippen LogP contribution in [-0.4, -0.2) is 12.0 Å². The molecule has 1 atom stereocenters. The Hall–Kier alpha value is -2.59. The number of carbonyl (C=O) groups is 1. The van der Waals surface area contributed by atoms with E-state index in [1.54, 1.807) is 6.92 Å². The van der Waals surface area contributed by atoms with Crippen LogP contribution in [0.1, 0.15) is 6.92 Å². The average Bonchev–Trinajstić information content (AvgIpc) is 2.58. The van der Waals surface area contributed by atoms with Gasteiger partial charge in [0.1, 0.15) is 11.6 Å². The molecule has 0 heterocycles. The van der Waals surface area contributed by atoms with Crippen molar-refractivity contribution in [1.29, 1.82) is 0 Å². The molecule has 0 fully saturated rings. The molecule has 24 heavy (non-hydrogen) atoms. The van der Waals surface area contributed by atoms with Crippen molar-refractivity contribution in [2.24, 2.45) is 0 Å². The maximum atomic E-state index is 13.2. The lowest BCUT2D eigenvalue weighted by atomic mass is 10.1. The minimum absolute atomic E-state index is 0.0471. The highest BCUT2D eigenvalue weighted by Crippen LogP contribution is 2.24. The number of fused-ring (bicyclic) bond motifs is 1. The molecule has 1 amide bonds. The monoisotopic (exact) mass is 343 g/mol. The molecule has 5 heteroatoms. The maximum Gasteiger partial charge on any atom is 0.265 e. The van der Waals surface area contributed by atoms with Gasteiger partial charge in [-0.05, 0) is 30.5 Å². The topological polar surface area (TPSA) is 38.3 Å². The molecule has 0 aliphatic heterocycles. The highest BCUT2D eigenvalue weighted by molar-refractivity contribution is 6.30. The first-order valence-electron chi connectivity index (χ1n) is 7.45. The summed E-state index contributed by atoms with van der Waals surface area (Å²) in [4.78, 5) is 12.4. The highest BCUT2D eigenvalue weighted by atomic mass is 35.5. The number of amides is 1. The van der Waals surface area contributed by atoms with Gasteiger partial charge in [-0.1, -0.05) is 48.0 Å². The van der Waals surface area contributed by atoms with Gasteiger partial charge in [0.25, 0.3) is 5.91 Å². The zero-order valence-corrected chi connectivity index (χ0v) is 13.7. The van der Waals surface area contributed by atoms with E-state index in [2.05, 4.69) is 5.32 Å². The fourth-order valence-electron chi connectivity index (χ4n) is 2.38. The standard InChI is InChI=1S/C19H15ClFNO2/c1-12(24-14-9-10-17(21)16(20)11-14)19(23)22-18-8-4-6-13-5-2-3-7-15(13)18/h2-12H,1H3,(H,22,23)/t12-/m0/s1. The Morgan fingerprint density at radius 1 is 1.12 bits per heavy atom. The Balaban J connectivity index is 1.75. The number of hydrogen-bond donors (Lipinski definition) is 1. The van der Waals surface area contributed by atoms with Crippen molar-refractivity contribution in [3.63, 3.8) is 0 Å². The van der Waals surface area contributed by atoms with Crippen molar-refractivity contribution >= 4 is 34.0 Å². The van der Waals surface area contributed by atoms with E-state index in [0.717, 1.165) is 10.8 Å². The van der Waals surface area contributed by atoms with E-state index < -0.39 is 11.9 Å². The zero-order valence-electron chi connectivity index (χ0n) is 12.9. The van der Waals surface area contributed by atoms with Gasteiger partial charge in [-0.2, -0.15) is 0 Å². The maximum absolute atomic E-state index is 13.2. The number of rotatable bonds is 4. The van der Waals surface area contributed by atoms with Gasteiger partial charge in [0.15, 0.2) is 6.10 Å². The highest BCUT2D eigenvalue weighted by Gasteiger charge is 2.16. The van der Waals surface area contributed by atoms with Gasteiger partial charge in [-0.3, -0.25) is 4.79 Å². The van der Waals surface area contributed by atoms with Gasteiger partial charge in [0.05, 0.1) is 5.02 Å². The lowest BCUT2D eigenvalue weighted by Gasteiger charge is -2.16. The second-order valence-electron chi connectivity index (χ2n) is 5.35. The minimum atomic E-state index is -0.759.